The zero-order valence-corrected chi connectivity index (χ0v) is 9.04. The highest BCUT2D eigenvalue weighted by Gasteiger charge is 2.25. The fourth-order valence-corrected chi connectivity index (χ4v) is 1.82. The summed E-state index contributed by atoms with van der Waals surface area (Å²) in [6.45, 7) is 1.16. The zero-order valence-electron chi connectivity index (χ0n) is 9.04. The van der Waals surface area contributed by atoms with Crippen molar-refractivity contribution in [1.82, 2.24) is 4.90 Å². The molecule has 1 aromatic carbocycles. The van der Waals surface area contributed by atoms with Crippen LogP contribution in [-0.4, -0.2) is 18.0 Å². The largest absolute Gasteiger partial charge is 0.326 e. The van der Waals surface area contributed by atoms with Crippen molar-refractivity contribution in [1.29, 1.82) is 0 Å². The van der Waals surface area contributed by atoms with Gasteiger partial charge in [-0.05, 0) is 31.5 Å². The Kier molecular flexibility index (Phi) is 3.03. The van der Waals surface area contributed by atoms with E-state index in [-0.39, 0.29) is 12.4 Å². The molecule has 3 heteroatoms. The van der Waals surface area contributed by atoms with E-state index in [2.05, 4.69) is 11.9 Å². The van der Waals surface area contributed by atoms with E-state index < -0.39 is 0 Å². The lowest BCUT2D eigenvalue weighted by Gasteiger charge is -2.16. The number of rotatable bonds is 4. The van der Waals surface area contributed by atoms with Crippen molar-refractivity contribution in [2.45, 2.75) is 32.0 Å². The van der Waals surface area contributed by atoms with Gasteiger partial charge < -0.3 is 5.73 Å². The standard InChI is InChI=1S/C12H17FN2/c1-15(11-3-4-11)8-9-2-5-12(13)10(6-9)7-14/h2,5-6,11H,3-4,7-8,14H2,1H3. The minimum Gasteiger partial charge on any atom is -0.326 e. The summed E-state index contributed by atoms with van der Waals surface area (Å²) in [6.07, 6.45) is 2.59. The topological polar surface area (TPSA) is 29.3 Å². The van der Waals surface area contributed by atoms with Gasteiger partial charge in [-0.15, -0.1) is 0 Å². The average molecular weight is 208 g/mol. The van der Waals surface area contributed by atoms with Gasteiger partial charge in [0.15, 0.2) is 0 Å². The van der Waals surface area contributed by atoms with Crippen LogP contribution < -0.4 is 5.73 Å². The molecule has 0 saturated heterocycles. The van der Waals surface area contributed by atoms with Gasteiger partial charge in [-0.25, -0.2) is 4.39 Å². The molecule has 0 unspecified atom stereocenters. The van der Waals surface area contributed by atoms with E-state index in [1.165, 1.54) is 18.9 Å². The van der Waals surface area contributed by atoms with Gasteiger partial charge in [0.1, 0.15) is 5.82 Å². The van der Waals surface area contributed by atoms with Crippen LogP contribution in [0.2, 0.25) is 0 Å². The Bertz CT molecular complexity index is 347. The van der Waals surface area contributed by atoms with Crippen molar-refractivity contribution in [3.63, 3.8) is 0 Å². The normalized spacial score (nSPS) is 16.0. The first kappa shape index (κ1) is 10.6. The van der Waals surface area contributed by atoms with E-state index in [1.54, 1.807) is 0 Å². The zero-order chi connectivity index (χ0) is 10.8. The highest BCUT2D eigenvalue weighted by molar-refractivity contribution is 5.25. The first-order chi connectivity index (χ1) is 7.20. The number of hydrogen-bond donors (Lipinski definition) is 1. The molecule has 2 N–H and O–H groups in total. The maximum Gasteiger partial charge on any atom is 0.127 e. The predicted molar refractivity (Wildman–Crippen MR) is 58.8 cm³/mol. The van der Waals surface area contributed by atoms with Crippen molar-refractivity contribution < 1.29 is 4.39 Å². The van der Waals surface area contributed by atoms with Gasteiger partial charge in [0.2, 0.25) is 0 Å². The second kappa shape index (κ2) is 4.29. The Hall–Kier alpha value is -0.930. The second-order valence-electron chi connectivity index (χ2n) is 4.28. The van der Waals surface area contributed by atoms with Crippen LogP contribution in [0.1, 0.15) is 24.0 Å². The van der Waals surface area contributed by atoms with E-state index >= 15 is 0 Å². The fraction of sp³-hybridized carbons (Fsp3) is 0.500. The number of benzene rings is 1. The fourth-order valence-electron chi connectivity index (χ4n) is 1.82. The van der Waals surface area contributed by atoms with Gasteiger partial charge in [0.25, 0.3) is 0 Å². The van der Waals surface area contributed by atoms with E-state index in [0.717, 1.165) is 18.2 Å². The third kappa shape index (κ3) is 2.55. The molecule has 0 amide bonds. The predicted octanol–water partition coefficient (Wildman–Crippen LogP) is 1.88. The van der Waals surface area contributed by atoms with Crippen molar-refractivity contribution >= 4 is 0 Å². The molecule has 1 aliphatic rings. The van der Waals surface area contributed by atoms with Crippen LogP contribution in [0.15, 0.2) is 18.2 Å². The summed E-state index contributed by atoms with van der Waals surface area (Å²) < 4.78 is 13.2. The molecular formula is C12H17FN2. The van der Waals surface area contributed by atoms with E-state index in [0.29, 0.717) is 5.56 Å². The van der Waals surface area contributed by atoms with E-state index in [1.807, 2.05) is 12.1 Å². The highest BCUT2D eigenvalue weighted by atomic mass is 19.1. The Balaban J connectivity index is 2.07. The minimum absolute atomic E-state index is 0.199. The molecule has 0 heterocycles. The number of hydrogen-bond acceptors (Lipinski definition) is 2. The molecule has 1 aromatic rings. The van der Waals surface area contributed by atoms with Crippen molar-refractivity contribution in [3.05, 3.63) is 35.1 Å². The lowest BCUT2D eigenvalue weighted by molar-refractivity contribution is 0.316. The van der Waals surface area contributed by atoms with Crippen molar-refractivity contribution in [3.8, 4) is 0 Å². The summed E-state index contributed by atoms with van der Waals surface area (Å²) in [4.78, 5) is 2.31. The molecule has 0 atom stereocenters. The third-order valence-electron chi connectivity index (χ3n) is 2.93. The molecule has 0 bridgehead atoms. The molecule has 15 heavy (non-hydrogen) atoms. The maximum atomic E-state index is 13.2. The molecular weight excluding hydrogens is 191 g/mol. The van der Waals surface area contributed by atoms with Crippen LogP contribution in [-0.2, 0) is 13.1 Å². The van der Waals surface area contributed by atoms with Gasteiger partial charge in [0.05, 0.1) is 0 Å². The minimum atomic E-state index is -0.199. The van der Waals surface area contributed by atoms with E-state index in [9.17, 15) is 4.39 Å². The molecule has 0 spiro atoms. The summed E-state index contributed by atoms with van der Waals surface area (Å²) in [5, 5.41) is 0. The molecule has 1 saturated carbocycles. The van der Waals surface area contributed by atoms with Crippen LogP contribution in [0.25, 0.3) is 0 Å². The summed E-state index contributed by atoms with van der Waals surface area (Å²) in [7, 11) is 2.11. The molecule has 82 valence electrons. The smallest absolute Gasteiger partial charge is 0.127 e. The first-order valence-corrected chi connectivity index (χ1v) is 5.38. The number of nitrogens with zero attached hydrogens (tertiary/aromatic N) is 1. The Morgan fingerprint density at radius 3 is 2.80 bits per heavy atom. The Morgan fingerprint density at radius 1 is 1.47 bits per heavy atom. The Labute approximate surface area is 89.9 Å². The number of halogens is 1. The maximum absolute atomic E-state index is 13.2. The number of nitrogens with two attached hydrogens (primary N) is 1. The first-order valence-electron chi connectivity index (χ1n) is 5.38. The molecule has 2 nitrogen and oxygen atoms in total. The van der Waals surface area contributed by atoms with Crippen LogP contribution >= 0.6 is 0 Å². The van der Waals surface area contributed by atoms with Gasteiger partial charge in [-0.3, -0.25) is 4.90 Å². The summed E-state index contributed by atoms with van der Waals surface area (Å²) in [6, 6.07) is 5.95. The van der Waals surface area contributed by atoms with Crippen molar-refractivity contribution in [2.75, 3.05) is 7.05 Å². The molecule has 1 fully saturated rings. The molecule has 1 aliphatic carbocycles. The van der Waals surface area contributed by atoms with Crippen LogP contribution in [0.3, 0.4) is 0 Å². The third-order valence-corrected chi connectivity index (χ3v) is 2.93. The highest BCUT2D eigenvalue weighted by Crippen LogP contribution is 2.26. The van der Waals surface area contributed by atoms with Crippen molar-refractivity contribution in [2.24, 2.45) is 5.73 Å². The molecule has 2 rings (SSSR count). The molecule has 0 aromatic heterocycles. The van der Waals surface area contributed by atoms with E-state index in [4.69, 9.17) is 5.73 Å². The quantitative estimate of drug-likeness (QED) is 0.818. The second-order valence-corrected chi connectivity index (χ2v) is 4.28. The van der Waals surface area contributed by atoms with Crippen LogP contribution in [0, 0.1) is 5.82 Å². The van der Waals surface area contributed by atoms with Gasteiger partial charge >= 0.3 is 0 Å². The average Bonchev–Trinajstić information content (AvgIpc) is 3.04. The Morgan fingerprint density at radius 2 is 2.20 bits per heavy atom. The monoisotopic (exact) mass is 208 g/mol. The summed E-state index contributed by atoms with van der Waals surface area (Å²) >= 11 is 0. The van der Waals surface area contributed by atoms with Crippen LogP contribution in [0.5, 0.6) is 0 Å². The van der Waals surface area contributed by atoms with Crippen LogP contribution in [0.4, 0.5) is 4.39 Å². The SMILES string of the molecule is CN(Cc1ccc(F)c(CN)c1)C1CC1. The van der Waals surface area contributed by atoms with Gasteiger partial charge in [-0.1, -0.05) is 12.1 Å². The molecule has 0 radical (unpaired) electrons. The lowest BCUT2D eigenvalue weighted by atomic mass is 10.1. The summed E-state index contributed by atoms with van der Waals surface area (Å²) in [5.74, 6) is -0.199. The molecule has 0 aliphatic heterocycles. The van der Waals surface area contributed by atoms with Gasteiger partial charge in [-0.2, -0.15) is 0 Å². The lowest BCUT2D eigenvalue weighted by Crippen LogP contribution is -2.20. The summed E-state index contributed by atoms with van der Waals surface area (Å²) in [5.41, 5.74) is 7.22. The van der Waals surface area contributed by atoms with Gasteiger partial charge in [0, 0.05) is 24.7 Å².